The second kappa shape index (κ2) is 5.65. The van der Waals surface area contributed by atoms with E-state index < -0.39 is 27.4 Å². The number of hydrogen-bond acceptors (Lipinski definition) is 5. The number of pyridine rings is 1. The molecule has 100 valence electrons. The van der Waals surface area contributed by atoms with E-state index in [1.54, 1.807) is 0 Å². The minimum absolute atomic E-state index is 0.00754. The Balaban J connectivity index is 2.53. The number of amides is 1. The molecule has 0 aliphatic rings. The normalized spacial score (nSPS) is 11.2. The molecule has 0 fully saturated rings. The zero-order valence-electron chi connectivity index (χ0n) is 9.34. The third-order valence-corrected chi connectivity index (χ3v) is 2.84. The van der Waals surface area contributed by atoms with E-state index in [2.05, 4.69) is 10.3 Å². The van der Waals surface area contributed by atoms with Gasteiger partial charge in [0.15, 0.2) is 5.88 Å². The third-order valence-electron chi connectivity index (χ3n) is 1.98. The molecule has 0 aliphatic heterocycles. The highest BCUT2D eigenvalue weighted by Gasteiger charge is 2.08. The first kappa shape index (κ1) is 14.2. The summed E-state index contributed by atoms with van der Waals surface area (Å²) in [6, 6.07) is 2.12. The molecular formula is C9H13N3O5S. The number of sulfonamides is 1. The molecule has 0 aliphatic carbocycles. The van der Waals surface area contributed by atoms with Crippen molar-refractivity contribution >= 4 is 15.9 Å². The lowest BCUT2D eigenvalue weighted by Gasteiger charge is -2.04. The van der Waals surface area contributed by atoms with Gasteiger partial charge < -0.3 is 10.4 Å². The summed E-state index contributed by atoms with van der Waals surface area (Å²) in [4.78, 5) is 24.6. The van der Waals surface area contributed by atoms with E-state index >= 15 is 0 Å². The number of primary sulfonamides is 1. The molecule has 1 aromatic heterocycles. The lowest BCUT2D eigenvalue weighted by Crippen LogP contribution is -2.28. The standard InChI is InChI=1S/C9H13N3O5S/c10-18(16,17)3-1-2-11-9(15)6-4-7(13)12-8(14)5-6/h4-5H,1-3H2,(H,11,15)(H2,10,16,17)(H2,12,13,14). The van der Waals surface area contributed by atoms with E-state index in [0.29, 0.717) is 0 Å². The largest absolute Gasteiger partial charge is 0.494 e. The number of nitrogens with one attached hydrogen (secondary N) is 2. The Labute approximate surface area is 103 Å². The summed E-state index contributed by atoms with van der Waals surface area (Å²) in [6.45, 7) is 0.100. The molecular weight excluding hydrogens is 262 g/mol. The van der Waals surface area contributed by atoms with Crippen LogP contribution in [0.4, 0.5) is 0 Å². The molecule has 0 unspecified atom stereocenters. The smallest absolute Gasteiger partial charge is 0.251 e. The molecule has 0 radical (unpaired) electrons. The van der Waals surface area contributed by atoms with E-state index in [9.17, 15) is 18.0 Å². The highest BCUT2D eigenvalue weighted by atomic mass is 32.2. The second-order valence-electron chi connectivity index (χ2n) is 3.59. The Morgan fingerprint density at radius 2 is 2.11 bits per heavy atom. The molecule has 1 aromatic rings. The van der Waals surface area contributed by atoms with Crippen molar-refractivity contribution in [2.45, 2.75) is 6.42 Å². The van der Waals surface area contributed by atoms with E-state index in [0.717, 1.165) is 12.1 Å². The van der Waals surface area contributed by atoms with Crippen molar-refractivity contribution in [3.63, 3.8) is 0 Å². The van der Waals surface area contributed by atoms with Crippen LogP contribution in [0.2, 0.25) is 0 Å². The summed E-state index contributed by atoms with van der Waals surface area (Å²) in [5.41, 5.74) is -0.614. The van der Waals surface area contributed by atoms with Crippen LogP contribution in [-0.4, -0.2) is 36.7 Å². The fourth-order valence-corrected chi connectivity index (χ4v) is 1.78. The highest BCUT2D eigenvalue weighted by Crippen LogP contribution is 2.03. The van der Waals surface area contributed by atoms with Crippen LogP contribution in [0.5, 0.6) is 5.88 Å². The Morgan fingerprint density at radius 3 is 2.67 bits per heavy atom. The molecule has 5 N–H and O–H groups in total. The summed E-state index contributed by atoms with van der Waals surface area (Å²) < 4.78 is 21.2. The predicted molar refractivity (Wildman–Crippen MR) is 63.7 cm³/mol. The van der Waals surface area contributed by atoms with Gasteiger partial charge in [-0.1, -0.05) is 0 Å². The van der Waals surface area contributed by atoms with E-state index in [1.807, 2.05) is 0 Å². The lowest BCUT2D eigenvalue weighted by molar-refractivity contribution is 0.0953. The van der Waals surface area contributed by atoms with E-state index in [4.69, 9.17) is 10.2 Å². The maximum Gasteiger partial charge on any atom is 0.251 e. The van der Waals surface area contributed by atoms with Gasteiger partial charge in [-0.2, -0.15) is 0 Å². The highest BCUT2D eigenvalue weighted by molar-refractivity contribution is 7.89. The Morgan fingerprint density at radius 1 is 1.44 bits per heavy atom. The van der Waals surface area contributed by atoms with Gasteiger partial charge in [-0.25, -0.2) is 13.6 Å². The third kappa shape index (κ3) is 4.97. The minimum Gasteiger partial charge on any atom is -0.494 e. The number of aromatic nitrogens is 1. The molecule has 8 nitrogen and oxygen atoms in total. The van der Waals surface area contributed by atoms with Crippen LogP contribution in [0.3, 0.4) is 0 Å². The lowest BCUT2D eigenvalue weighted by atomic mass is 10.2. The summed E-state index contributed by atoms with van der Waals surface area (Å²) in [5, 5.41) is 16.3. The minimum atomic E-state index is -3.55. The number of hydrogen-bond donors (Lipinski definition) is 4. The van der Waals surface area contributed by atoms with Gasteiger partial charge in [-0.15, -0.1) is 0 Å². The molecule has 1 heterocycles. The van der Waals surface area contributed by atoms with Gasteiger partial charge in [-0.3, -0.25) is 14.6 Å². The fourth-order valence-electron chi connectivity index (χ4n) is 1.24. The van der Waals surface area contributed by atoms with Gasteiger partial charge >= 0.3 is 0 Å². The van der Waals surface area contributed by atoms with Gasteiger partial charge in [0.1, 0.15) is 0 Å². The monoisotopic (exact) mass is 275 g/mol. The molecule has 1 rings (SSSR count). The first-order chi connectivity index (χ1) is 8.28. The number of aromatic hydroxyl groups is 1. The van der Waals surface area contributed by atoms with Crippen LogP contribution in [-0.2, 0) is 10.0 Å². The summed E-state index contributed by atoms with van der Waals surface area (Å²) >= 11 is 0. The fraction of sp³-hybridized carbons (Fsp3) is 0.333. The Hall–Kier alpha value is -1.87. The zero-order chi connectivity index (χ0) is 13.8. The van der Waals surface area contributed by atoms with Crippen LogP contribution in [0.25, 0.3) is 0 Å². The van der Waals surface area contributed by atoms with Crippen molar-refractivity contribution in [2.24, 2.45) is 5.14 Å². The number of carbonyl (C=O) groups is 1. The number of carbonyl (C=O) groups excluding carboxylic acids is 1. The van der Waals surface area contributed by atoms with Crippen molar-refractivity contribution in [2.75, 3.05) is 12.3 Å². The second-order valence-corrected chi connectivity index (χ2v) is 5.33. The molecule has 9 heteroatoms. The summed E-state index contributed by atoms with van der Waals surface area (Å²) in [6.07, 6.45) is 0.166. The van der Waals surface area contributed by atoms with Crippen LogP contribution in [0, 0.1) is 0 Å². The van der Waals surface area contributed by atoms with E-state index in [1.165, 1.54) is 0 Å². The van der Waals surface area contributed by atoms with Crippen molar-refractivity contribution in [1.82, 2.24) is 10.3 Å². The Kier molecular flexibility index (Phi) is 4.45. The molecule has 0 spiro atoms. The molecule has 0 saturated carbocycles. The topological polar surface area (TPSA) is 142 Å². The summed E-state index contributed by atoms with van der Waals surface area (Å²) in [7, 11) is -3.55. The average molecular weight is 275 g/mol. The Bertz CT molecular complexity index is 592. The quantitative estimate of drug-likeness (QED) is 0.483. The van der Waals surface area contributed by atoms with Gasteiger partial charge in [0.2, 0.25) is 10.0 Å². The van der Waals surface area contributed by atoms with Gasteiger partial charge in [0.25, 0.3) is 11.5 Å². The van der Waals surface area contributed by atoms with Crippen molar-refractivity contribution in [1.29, 1.82) is 0 Å². The number of nitrogens with two attached hydrogens (primary N) is 1. The number of H-pyrrole nitrogens is 1. The van der Waals surface area contributed by atoms with Gasteiger partial charge in [0.05, 0.1) is 11.3 Å². The average Bonchev–Trinajstić information content (AvgIpc) is 2.21. The predicted octanol–water partition coefficient (Wildman–Crippen LogP) is -1.51. The molecule has 0 bridgehead atoms. The summed E-state index contributed by atoms with van der Waals surface area (Å²) in [5.74, 6) is -1.24. The number of aromatic amines is 1. The van der Waals surface area contributed by atoms with Gasteiger partial charge in [0, 0.05) is 18.7 Å². The maximum absolute atomic E-state index is 11.5. The van der Waals surface area contributed by atoms with Gasteiger partial charge in [-0.05, 0) is 6.42 Å². The van der Waals surface area contributed by atoms with Crippen LogP contribution < -0.4 is 16.0 Å². The SMILES string of the molecule is NS(=O)(=O)CCCNC(=O)c1cc(O)[nH]c(=O)c1. The molecule has 18 heavy (non-hydrogen) atoms. The van der Waals surface area contributed by atoms with Crippen molar-refractivity contribution < 1.29 is 18.3 Å². The first-order valence-electron chi connectivity index (χ1n) is 5.00. The molecule has 0 saturated heterocycles. The van der Waals surface area contributed by atoms with Crippen LogP contribution >= 0.6 is 0 Å². The van der Waals surface area contributed by atoms with Crippen LogP contribution in [0.1, 0.15) is 16.8 Å². The molecule has 1 amide bonds. The van der Waals surface area contributed by atoms with Crippen molar-refractivity contribution in [3.8, 4) is 5.88 Å². The zero-order valence-corrected chi connectivity index (χ0v) is 10.2. The van der Waals surface area contributed by atoms with Crippen LogP contribution in [0.15, 0.2) is 16.9 Å². The molecule has 0 aromatic carbocycles. The van der Waals surface area contributed by atoms with E-state index in [-0.39, 0.29) is 24.3 Å². The molecule has 0 atom stereocenters. The number of rotatable bonds is 5. The van der Waals surface area contributed by atoms with Crippen molar-refractivity contribution in [3.05, 3.63) is 28.0 Å². The maximum atomic E-state index is 11.5. The first-order valence-corrected chi connectivity index (χ1v) is 6.71.